The second kappa shape index (κ2) is 8.74. The lowest BCUT2D eigenvalue weighted by Gasteiger charge is -2.22. The van der Waals surface area contributed by atoms with E-state index >= 15 is 0 Å². The van der Waals surface area contributed by atoms with Crippen LogP contribution in [-0.2, 0) is 13.1 Å². The Labute approximate surface area is 147 Å². The molecular weight excluding hydrogens is 315 g/mol. The van der Waals surface area contributed by atoms with Gasteiger partial charge in [0, 0.05) is 36.4 Å². The van der Waals surface area contributed by atoms with Crippen molar-refractivity contribution in [2.75, 3.05) is 13.1 Å². The number of nitrogens with zero attached hydrogens (tertiary/aromatic N) is 2. The predicted molar refractivity (Wildman–Crippen MR) is 99.5 cm³/mol. The standard InChI is InChI=1S/C20H25FN4/c21-20-9-8-16(12-24-20)14-25(11-5-1-4-10-22)15-17-13-23-19-7-3-2-6-18(17)19/h2-3,6-9,12-13,23H,1,4-5,10-11,14-15,22H2. The van der Waals surface area contributed by atoms with Gasteiger partial charge in [-0.05, 0) is 49.2 Å². The van der Waals surface area contributed by atoms with Gasteiger partial charge in [-0.2, -0.15) is 4.39 Å². The minimum atomic E-state index is -0.435. The summed E-state index contributed by atoms with van der Waals surface area (Å²) in [6.45, 7) is 3.33. The zero-order valence-corrected chi connectivity index (χ0v) is 14.4. The molecule has 3 rings (SSSR count). The molecule has 0 saturated carbocycles. The summed E-state index contributed by atoms with van der Waals surface area (Å²) in [7, 11) is 0. The molecule has 0 unspecified atom stereocenters. The van der Waals surface area contributed by atoms with E-state index in [2.05, 4.69) is 39.3 Å². The Morgan fingerprint density at radius 1 is 1.04 bits per heavy atom. The second-order valence-electron chi connectivity index (χ2n) is 6.41. The molecule has 0 saturated heterocycles. The SMILES string of the molecule is NCCCCCN(Cc1ccc(F)nc1)Cc1c[nH]c2ccccc12. The number of nitrogens with two attached hydrogens (primary N) is 1. The van der Waals surface area contributed by atoms with E-state index in [4.69, 9.17) is 5.73 Å². The maximum atomic E-state index is 13.1. The van der Waals surface area contributed by atoms with Gasteiger partial charge >= 0.3 is 0 Å². The molecule has 4 nitrogen and oxygen atoms in total. The van der Waals surface area contributed by atoms with Gasteiger partial charge < -0.3 is 10.7 Å². The van der Waals surface area contributed by atoms with Crippen LogP contribution in [-0.4, -0.2) is 28.0 Å². The predicted octanol–water partition coefficient (Wildman–Crippen LogP) is 3.83. The maximum absolute atomic E-state index is 13.1. The Hall–Kier alpha value is -2.24. The smallest absolute Gasteiger partial charge is 0.212 e. The second-order valence-corrected chi connectivity index (χ2v) is 6.41. The molecule has 3 N–H and O–H groups in total. The summed E-state index contributed by atoms with van der Waals surface area (Å²) in [4.78, 5) is 9.50. The highest BCUT2D eigenvalue weighted by Gasteiger charge is 2.11. The van der Waals surface area contributed by atoms with Crippen LogP contribution in [0.4, 0.5) is 4.39 Å². The van der Waals surface area contributed by atoms with E-state index in [9.17, 15) is 4.39 Å². The normalized spacial score (nSPS) is 11.5. The van der Waals surface area contributed by atoms with Crippen molar-refractivity contribution in [1.29, 1.82) is 0 Å². The zero-order chi connectivity index (χ0) is 17.5. The minimum Gasteiger partial charge on any atom is -0.361 e. The number of nitrogens with one attached hydrogen (secondary N) is 1. The van der Waals surface area contributed by atoms with Gasteiger partial charge in [0.05, 0.1) is 0 Å². The molecule has 25 heavy (non-hydrogen) atoms. The number of benzene rings is 1. The molecule has 1 aromatic carbocycles. The molecule has 0 bridgehead atoms. The van der Waals surface area contributed by atoms with E-state index in [-0.39, 0.29) is 0 Å². The van der Waals surface area contributed by atoms with Crippen LogP contribution in [0.3, 0.4) is 0 Å². The summed E-state index contributed by atoms with van der Waals surface area (Å²) < 4.78 is 13.1. The average Bonchev–Trinajstić information content (AvgIpc) is 3.04. The van der Waals surface area contributed by atoms with Crippen LogP contribution < -0.4 is 5.73 Å². The number of H-pyrrole nitrogens is 1. The van der Waals surface area contributed by atoms with Gasteiger partial charge in [-0.1, -0.05) is 30.7 Å². The van der Waals surface area contributed by atoms with Crippen LogP contribution in [0.2, 0.25) is 0 Å². The molecule has 0 aliphatic heterocycles. The van der Waals surface area contributed by atoms with Crippen molar-refractivity contribution in [3.05, 3.63) is 65.9 Å². The Morgan fingerprint density at radius 2 is 1.92 bits per heavy atom. The van der Waals surface area contributed by atoms with Crippen molar-refractivity contribution in [2.24, 2.45) is 5.73 Å². The summed E-state index contributed by atoms with van der Waals surface area (Å²) in [5.74, 6) is -0.435. The molecule has 2 aromatic heterocycles. The molecule has 0 fully saturated rings. The van der Waals surface area contributed by atoms with Crippen molar-refractivity contribution in [2.45, 2.75) is 32.4 Å². The maximum Gasteiger partial charge on any atom is 0.212 e. The third kappa shape index (κ3) is 4.87. The lowest BCUT2D eigenvalue weighted by atomic mass is 10.1. The monoisotopic (exact) mass is 340 g/mol. The van der Waals surface area contributed by atoms with E-state index in [0.717, 1.165) is 56.5 Å². The van der Waals surface area contributed by atoms with Crippen LogP contribution in [0, 0.1) is 5.95 Å². The third-order valence-electron chi connectivity index (χ3n) is 4.44. The fraction of sp³-hybridized carbons (Fsp3) is 0.350. The highest BCUT2D eigenvalue weighted by Crippen LogP contribution is 2.20. The quantitative estimate of drug-likeness (QED) is 0.460. The van der Waals surface area contributed by atoms with Crippen LogP contribution in [0.5, 0.6) is 0 Å². The topological polar surface area (TPSA) is 57.9 Å². The number of aromatic nitrogens is 2. The van der Waals surface area contributed by atoms with Crippen molar-refractivity contribution in [3.63, 3.8) is 0 Å². The van der Waals surface area contributed by atoms with Gasteiger partial charge in [-0.25, -0.2) is 4.98 Å². The van der Waals surface area contributed by atoms with E-state index in [1.54, 1.807) is 6.20 Å². The molecule has 0 amide bonds. The zero-order valence-electron chi connectivity index (χ0n) is 14.4. The number of hydrogen-bond acceptors (Lipinski definition) is 3. The van der Waals surface area contributed by atoms with E-state index in [1.165, 1.54) is 17.0 Å². The molecule has 132 valence electrons. The number of unbranched alkanes of at least 4 members (excludes halogenated alkanes) is 2. The average molecular weight is 340 g/mol. The first-order valence-electron chi connectivity index (χ1n) is 8.84. The van der Waals surface area contributed by atoms with Gasteiger partial charge in [0.25, 0.3) is 0 Å². The van der Waals surface area contributed by atoms with E-state index in [1.807, 2.05) is 12.1 Å². The van der Waals surface area contributed by atoms with Crippen LogP contribution in [0.25, 0.3) is 10.9 Å². The Morgan fingerprint density at radius 3 is 2.72 bits per heavy atom. The fourth-order valence-electron chi connectivity index (χ4n) is 3.13. The number of rotatable bonds is 9. The molecule has 0 radical (unpaired) electrons. The molecule has 3 aromatic rings. The number of para-hydroxylation sites is 1. The molecule has 0 aliphatic carbocycles. The Kier molecular flexibility index (Phi) is 6.14. The van der Waals surface area contributed by atoms with Crippen LogP contribution in [0.15, 0.2) is 48.8 Å². The lowest BCUT2D eigenvalue weighted by molar-refractivity contribution is 0.251. The molecule has 0 atom stereocenters. The third-order valence-corrected chi connectivity index (χ3v) is 4.44. The molecule has 5 heteroatoms. The Balaban J connectivity index is 1.71. The van der Waals surface area contributed by atoms with Crippen molar-refractivity contribution in [1.82, 2.24) is 14.9 Å². The van der Waals surface area contributed by atoms with Crippen molar-refractivity contribution in [3.8, 4) is 0 Å². The summed E-state index contributed by atoms with van der Waals surface area (Å²) in [5.41, 5.74) is 9.06. The largest absolute Gasteiger partial charge is 0.361 e. The van der Waals surface area contributed by atoms with Crippen molar-refractivity contribution >= 4 is 10.9 Å². The highest BCUT2D eigenvalue weighted by molar-refractivity contribution is 5.82. The fourth-order valence-corrected chi connectivity index (χ4v) is 3.13. The molecule has 0 spiro atoms. The number of aromatic amines is 1. The van der Waals surface area contributed by atoms with Crippen LogP contribution in [0.1, 0.15) is 30.4 Å². The number of halogens is 1. The van der Waals surface area contributed by atoms with Gasteiger partial charge in [0.1, 0.15) is 0 Å². The lowest BCUT2D eigenvalue weighted by Crippen LogP contribution is -2.24. The highest BCUT2D eigenvalue weighted by atomic mass is 19.1. The Bertz CT molecular complexity index is 782. The van der Waals surface area contributed by atoms with Gasteiger partial charge in [0.15, 0.2) is 0 Å². The summed E-state index contributed by atoms with van der Waals surface area (Å²) in [6, 6.07) is 11.6. The molecule has 2 heterocycles. The summed E-state index contributed by atoms with van der Waals surface area (Å²) in [6.07, 6.45) is 6.99. The first-order valence-corrected chi connectivity index (χ1v) is 8.84. The van der Waals surface area contributed by atoms with Gasteiger partial charge in [0.2, 0.25) is 5.95 Å². The first-order chi connectivity index (χ1) is 12.3. The minimum absolute atomic E-state index is 0.435. The van der Waals surface area contributed by atoms with Crippen molar-refractivity contribution < 1.29 is 4.39 Å². The summed E-state index contributed by atoms with van der Waals surface area (Å²) in [5, 5.41) is 1.26. The summed E-state index contributed by atoms with van der Waals surface area (Å²) >= 11 is 0. The molecular formula is C20H25FN4. The van der Waals surface area contributed by atoms with Gasteiger partial charge in [-0.15, -0.1) is 0 Å². The van der Waals surface area contributed by atoms with E-state index < -0.39 is 5.95 Å². The number of fused-ring (bicyclic) bond motifs is 1. The number of hydrogen-bond donors (Lipinski definition) is 2. The first kappa shape index (κ1) is 17.6. The van der Waals surface area contributed by atoms with Crippen LogP contribution >= 0.6 is 0 Å². The molecule has 0 aliphatic rings. The number of pyridine rings is 1. The van der Waals surface area contributed by atoms with E-state index in [0.29, 0.717) is 0 Å². The van der Waals surface area contributed by atoms with Gasteiger partial charge in [-0.3, -0.25) is 4.90 Å².